The van der Waals surface area contributed by atoms with Crippen LogP contribution in [0.15, 0.2) is 61.1 Å². The summed E-state index contributed by atoms with van der Waals surface area (Å²) in [5, 5.41) is 3.80. The van der Waals surface area contributed by atoms with Gasteiger partial charge in [-0.25, -0.2) is 9.97 Å². The standard InChI is InChI=1S/C26H27ClN6O2/c1-4-32(2)25-20-15-35-14-19(17-8-6-5-7-9-17)24(20)30-26(31-25)29-18-10-11-21(22(12-18)34-3)33-13-23(27)28-16-33/h5-13,16,19H,4,14-15H2,1-3H3,(H,29,30,31)/t19-/m1/s1. The highest BCUT2D eigenvalue weighted by Crippen LogP contribution is 2.36. The zero-order valence-electron chi connectivity index (χ0n) is 19.9. The van der Waals surface area contributed by atoms with Crippen molar-refractivity contribution in [1.29, 1.82) is 0 Å². The van der Waals surface area contributed by atoms with Crippen LogP contribution in [-0.2, 0) is 11.3 Å². The van der Waals surface area contributed by atoms with E-state index < -0.39 is 0 Å². The maximum Gasteiger partial charge on any atom is 0.229 e. The second-order valence-electron chi connectivity index (χ2n) is 8.34. The van der Waals surface area contributed by atoms with Crippen LogP contribution in [0, 0.1) is 0 Å². The predicted molar refractivity (Wildman–Crippen MR) is 137 cm³/mol. The smallest absolute Gasteiger partial charge is 0.229 e. The Morgan fingerprint density at radius 3 is 2.74 bits per heavy atom. The third-order valence-electron chi connectivity index (χ3n) is 6.18. The van der Waals surface area contributed by atoms with Gasteiger partial charge >= 0.3 is 0 Å². The van der Waals surface area contributed by atoms with Gasteiger partial charge in [-0.3, -0.25) is 0 Å². The first kappa shape index (κ1) is 23.1. The summed E-state index contributed by atoms with van der Waals surface area (Å²) < 4.78 is 13.4. The number of nitrogens with one attached hydrogen (secondary N) is 1. The van der Waals surface area contributed by atoms with E-state index in [1.165, 1.54) is 5.56 Å². The summed E-state index contributed by atoms with van der Waals surface area (Å²) in [4.78, 5) is 16.1. The monoisotopic (exact) mass is 490 g/mol. The highest BCUT2D eigenvalue weighted by Gasteiger charge is 2.29. The van der Waals surface area contributed by atoms with Crippen LogP contribution in [0.5, 0.6) is 5.75 Å². The Hall–Kier alpha value is -3.62. The molecule has 1 atom stereocenters. The van der Waals surface area contributed by atoms with Gasteiger partial charge in [-0.15, -0.1) is 0 Å². The highest BCUT2D eigenvalue weighted by molar-refractivity contribution is 6.29. The fourth-order valence-electron chi connectivity index (χ4n) is 4.26. The summed E-state index contributed by atoms with van der Waals surface area (Å²) in [6, 6.07) is 16.2. The summed E-state index contributed by atoms with van der Waals surface area (Å²) in [5.41, 5.74) is 4.84. The Labute approximate surface area is 209 Å². The van der Waals surface area contributed by atoms with E-state index in [0.717, 1.165) is 35.0 Å². The molecule has 8 nitrogen and oxygen atoms in total. The normalized spacial score (nSPS) is 14.9. The molecule has 0 amide bonds. The quantitative estimate of drug-likeness (QED) is 0.382. The molecule has 180 valence electrons. The fraction of sp³-hybridized carbons (Fsp3) is 0.269. The van der Waals surface area contributed by atoms with E-state index in [1.54, 1.807) is 19.6 Å². The minimum absolute atomic E-state index is 0.0374. The lowest BCUT2D eigenvalue weighted by atomic mass is 9.91. The summed E-state index contributed by atoms with van der Waals surface area (Å²) >= 11 is 6.00. The first-order chi connectivity index (χ1) is 17.1. The molecule has 0 bridgehead atoms. The molecule has 0 radical (unpaired) electrons. The summed E-state index contributed by atoms with van der Waals surface area (Å²) in [6.45, 7) is 3.99. The van der Waals surface area contributed by atoms with Crippen LogP contribution in [0.1, 0.15) is 29.7 Å². The number of ether oxygens (including phenoxy) is 2. The molecular weight excluding hydrogens is 464 g/mol. The third kappa shape index (κ3) is 4.67. The van der Waals surface area contributed by atoms with E-state index in [9.17, 15) is 0 Å². The number of anilines is 3. The van der Waals surface area contributed by atoms with Gasteiger partial charge in [0.25, 0.3) is 0 Å². The van der Waals surface area contributed by atoms with E-state index in [4.69, 9.17) is 31.0 Å². The van der Waals surface area contributed by atoms with E-state index >= 15 is 0 Å². The van der Waals surface area contributed by atoms with Crippen LogP contribution in [0.2, 0.25) is 5.15 Å². The van der Waals surface area contributed by atoms with Crippen LogP contribution in [0.25, 0.3) is 5.69 Å². The van der Waals surface area contributed by atoms with Gasteiger partial charge < -0.3 is 24.3 Å². The lowest BCUT2D eigenvalue weighted by molar-refractivity contribution is 0.0977. The Morgan fingerprint density at radius 2 is 2.03 bits per heavy atom. The van der Waals surface area contributed by atoms with Crippen LogP contribution in [0.4, 0.5) is 17.5 Å². The molecule has 1 N–H and O–H groups in total. The molecule has 0 saturated carbocycles. The topological polar surface area (TPSA) is 77.3 Å². The molecule has 9 heteroatoms. The second kappa shape index (κ2) is 9.93. The Morgan fingerprint density at radius 1 is 1.20 bits per heavy atom. The lowest BCUT2D eigenvalue weighted by Crippen LogP contribution is -2.26. The highest BCUT2D eigenvalue weighted by atomic mass is 35.5. The lowest BCUT2D eigenvalue weighted by Gasteiger charge is -2.29. The Bertz CT molecular complexity index is 1330. The summed E-state index contributed by atoms with van der Waals surface area (Å²) in [7, 11) is 3.67. The van der Waals surface area contributed by atoms with Crippen molar-refractivity contribution in [2.45, 2.75) is 19.4 Å². The largest absolute Gasteiger partial charge is 0.494 e. The number of nitrogens with zero attached hydrogens (tertiary/aromatic N) is 5. The van der Waals surface area contributed by atoms with E-state index in [0.29, 0.717) is 30.1 Å². The van der Waals surface area contributed by atoms with Gasteiger partial charge in [0, 0.05) is 37.1 Å². The van der Waals surface area contributed by atoms with Crippen LogP contribution < -0.4 is 15.0 Å². The van der Waals surface area contributed by atoms with Gasteiger partial charge in [-0.05, 0) is 24.6 Å². The number of fused-ring (bicyclic) bond motifs is 1. The molecule has 0 unspecified atom stereocenters. The SMILES string of the molecule is CCN(C)c1nc(Nc2ccc(-n3cnc(Cl)c3)c(OC)c2)nc2c1COC[C@@H]2c1ccccc1. The number of hydrogen-bond acceptors (Lipinski definition) is 7. The molecular formula is C26H27ClN6O2. The fourth-order valence-corrected chi connectivity index (χ4v) is 4.41. The molecule has 4 aromatic rings. The van der Waals surface area contributed by atoms with Gasteiger partial charge in [-0.2, -0.15) is 4.98 Å². The molecule has 0 fully saturated rings. The maximum atomic E-state index is 6.00. The van der Waals surface area contributed by atoms with Gasteiger partial charge in [0.05, 0.1) is 37.6 Å². The molecule has 35 heavy (non-hydrogen) atoms. The first-order valence-electron chi connectivity index (χ1n) is 11.5. The van der Waals surface area contributed by atoms with Crippen LogP contribution in [0.3, 0.4) is 0 Å². The average Bonchev–Trinajstić information content (AvgIpc) is 3.33. The van der Waals surface area contributed by atoms with Gasteiger partial charge in [0.2, 0.25) is 5.95 Å². The van der Waals surface area contributed by atoms with Crippen molar-refractivity contribution in [3.63, 3.8) is 0 Å². The van der Waals surface area contributed by atoms with Crippen molar-refractivity contribution in [3.8, 4) is 11.4 Å². The third-order valence-corrected chi connectivity index (χ3v) is 6.38. The van der Waals surface area contributed by atoms with Crippen LogP contribution >= 0.6 is 11.6 Å². The molecule has 0 aliphatic carbocycles. The Balaban J connectivity index is 1.54. The summed E-state index contributed by atoms with van der Waals surface area (Å²) in [5.74, 6) is 2.11. The molecule has 1 aliphatic rings. The zero-order chi connectivity index (χ0) is 24.4. The van der Waals surface area contributed by atoms with Crippen molar-refractivity contribution in [2.24, 2.45) is 0 Å². The van der Waals surface area contributed by atoms with Crippen molar-refractivity contribution in [2.75, 3.05) is 37.5 Å². The van der Waals surface area contributed by atoms with Gasteiger partial charge in [0.1, 0.15) is 23.0 Å². The van der Waals surface area contributed by atoms with Gasteiger partial charge in [0.15, 0.2) is 0 Å². The summed E-state index contributed by atoms with van der Waals surface area (Å²) in [6.07, 6.45) is 3.39. The van der Waals surface area contributed by atoms with E-state index in [2.05, 4.69) is 34.3 Å². The molecule has 2 aromatic carbocycles. The maximum absolute atomic E-state index is 6.00. The van der Waals surface area contributed by atoms with Crippen molar-refractivity contribution < 1.29 is 9.47 Å². The minimum Gasteiger partial charge on any atom is -0.494 e. The Kier molecular flexibility index (Phi) is 6.57. The number of methoxy groups -OCH3 is 1. The molecule has 0 spiro atoms. The van der Waals surface area contributed by atoms with Crippen molar-refractivity contribution in [1.82, 2.24) is 19.5 Å². The first-order valence-corrected chi connectivity index (χ1v) is 11.8. The molecule has 5 rings (SSSR count). The predicted octanol–water partition coefficient (Wildman–Crippen LogP) is 5.19. The average molecular weight is 491 g/mol. The second-order valence-corrected chi connectivity index (χ2v) is 8.73. The molecule has 1 aliphatic heterocycles. The molecule has 2 aromatic heterocycles. The van der Waals surface area contributed by atoms with E-state index in [-0.39, 0.29) is 5.92 Å². The number of aromatic nitrogens is 4. The number of hydrogen-bond donors (Lipinski definition) is 1. The zero-order valence-corrected chi connectivity index (χ0v) is 20.7. The van der Waals surface area contributed by atoms with E-state index in [1.807, 2.05) is 48.0 Å². The minimum atomic E-state index is 0.0374. The number of halogens is 1. The van der Waals surface area contributed by atoms with Gasteiger partial charge in [-0.1, -0.05) is 41.9 Å². The van der Waals surface area contributed by atoms with Crippen LogP contribution in [-0.4, -0.2) is 46.8 Å². The van der Waals surface area contributed by atoms with Crippen molar-refractivity contribution >= 4 is 29.1 Å². The van der Waals surface area contributed by atoms with Crippen molar-refractivity contribution in [3.05, 3.63) is 83.0 Å². The number of rotatable bonds is 7. The number of imidazole rings is 1. The number of benzene rings is 2. The molecule has 3 heterocycles. The molecule has 0 saturated heterocycles.